The first-order valence-corrected chi connectivity index (χ1v) is 7.63. The van der Waals surface area contributed by atoms with Crippen LogP contribution in [0.25, 0.3) is 0 Å². The van der Waals surface area contributed by atoms with E-state index in [2.05, 4.69) is 26.3 Å². The Morgan fingerprint density at radius 2 is 2.40 bits per heavy atom. The van der Waals surface area contributed by atoms with Gasteiger partial charge in [0.1, 0.15) is 4.47 Å². The fraction of sp³-hybridized carbons (Fsp3) is 0.692. The molecule has 0 aliphatic carbocycles. The number of halogens is 1. The van der Waals surface area contributed by atoms with Gasteiger partial charge in [-0.3, -0.25) is 4.79 Å². The van der Waals surface area contributed by atoms with Crippen LogP contribution in [0.2, 0.25) is 0 Å². The highest BCUT2D eigenvalue weighted by molar-refractivity contribution is 9.10. The Morgan fingerprint density at radius 3 is 3.05 bits per heavy atom. The van der Waals surface area contributed by atoms with E-state index in [0.29, 0.717) is 17.6 Å². The van der Waals surface area contributed by atoms with Crippen molar-refractivity contribution in [2.75, 3.05) is 39.1 Å². The lowest BCUT2D eigenvalue weighted by Gasteiger charge is -2.14. The minimum atomic E-state index is -0.107. The molecule has 112 valence electrons. The molecule has 1 N–H and O–H groups in total. The molecule has 1 aliphatic rings. The first-order valence-electron chi connectivity index (χ1n) is 6.83. The maximum atomic E-state index is 12.2. The van der Waals surface area contributed by atoms with Crippen molar-refractivity contribution in [1.82, 2.24) is 14.7 Å². The van der Waals surface area contributed by atoms with E-state index < -0.39 is 0 Å². The molecule has 0 spiro atoms. The molecular weight excluding hydrogens is 324 g/mol. The van der Waals surface area contributed by atoms with Crippen molar-refractivity contribution in [3.8, 4) is 0 Å². The molecule has 0 amide bonds. The predicted molar refractivity (Wildman–Crippen MR) is 82.2 cm³/mol. The minimum Gasteiger partial charge on any atom is -0.380 e. The number of rotatable bonds is 6. The van der Waals surface area contributed by atoms with Crippen LogP contribution in [0.5, 0.6) is 0 Å². The Kier molecular flexibility index (Phi) is 5.56. The number of aromatic nitrogens is 2. The Morgan fingerprint density at radius 1 is 1.60 bits per heavy atom. The highest BCUT2D eigenvalue weighted by Gasteiger charge is 2.16. The zero-order chi connectivity index (χ0) is 14.5. The smallest absolute Gasteiger partial charge is 0.283 e. The van der Waals surface area contributed by atoms with Crippen LogP contribution >= 0.6 is 15.9 Å². The number of ether oxygens (including phenoxy) is 1. The Hall–Kier alpha value is -0.920. The highest BCUT2D eigenvalue weighted by Crippen LogP contribution is 2.18. The van der Waals surface area contributed by atoms with Gasteiger partial charge in [-0.2, -0.15) is 5.10 Å². The van der Waals surface area contributed by atoms with E-state index in [-0.39, 0.29) is 11.7 Å². The lowest BCUT2D eigenvalue weighted by molar-refractivity contribution is 0.120. The maximum absolute atomic E-state index is 12.2. The SMILES string of the molecule is CN(C)CCn1ncc(NCC2CCCO2)c(Br)c1=O. The monoisotopic (exact) mass is 344 g/mol. The number of hydrogen-bond acceptors (Lipinski definition) is 5. The fourth-order valence-corrected chi connectivity index (χ4v) is 2.52. The second kappa shape index (κ2) is 7.19. The molecule has 0 aromatic carbocycles. The molecule has 0 bridgehead atoms. The van der Waals surface area contributed by atoms with Gasteiger partial charge >= 0.3 is 0 Å². The average molecular weight is 345 g/mol. The van der Waals surface area contributed by atoms with Crippen LogP contribution in [0.3, 0.4) is 0 Å². The van der Waals surface area contributed by atoms with Crippen LogP contribution in [-0.4, -0.2) is 54.6 Å². The zero-order valence-electron chi connectivity index (χ0n) is 11.9. The van der Waals surface area contributed by atoms with Crippen molar-refractivity contribution in [2.45, 2.75) is 25.5 Å². The summed E-state index contributed by atoms with van der Waals surface area (Å²) in [5.41, 5.74) is 0.621. The summed E-state index contributed by atoms with van der Waals surface area (Å²) in [7, 11) is 3.94. The van der Waals surface area contributed by atoms with Gasteiger partial charge in [0.15, 0.2) is 0 Å². The van der Waals surface area contributed by atoms with Gasteiger partial charge in [-0.25, -0.2) is 4.68 Å². The van der Waals surface area contributed by atoms with Crippen LogP contribution in [-0.2, 0) is 11.3 Å². The van der Waals surface area contributed by atoms with Crippen molar-refractivity contribution < 1.29 is 4.74 Å². The summed E-state index contributed by atoms with van der Waals surface area (Å²) < 4.78 is 7.55. The summed E-state index contributed by atoms with van der Waals surface area (Å²) in [5.74, 6) is 0. The van der Waals surface area contributed by atoms with Crippen LogP contribution in [0.1, 0.15) is 12.8 Å². The summed E-state index contributed by atoms with van der Waals surface area (Å²) in [5, 5.41) is 7.43. The second-order valence-electron chi connectivity index (χ2n) is 5.22. The molecule has 1 unspecified atom stereocenters. The summed E-state index contributed by atoms with van der Waals surface area (Å²) >= 11 is 3.36. The van der Waals surface area contributed by atoms with Gasteiger partial charge in [-0.15, -0.1) is 0 Å². The predicted octanol–water partition coefficient (Wildman–Crippen LogP) is 1.16. The van der Waals surface area contributed by atoms with Gasteiger partial charge in [-0.05, 0) is 42.9 Å². The van der Waals surface area contributed by atoms with Crippen molar-refractivity contribution in [2.24, 2.45) is 0 Å². The van der Waals surface area contributed by atoms with E-state index in [1.165, 1.54) is 4.68 Å². The van der Waals surface area contributed by atoms with Gasteiger partial charge in [-0.1, -0.05) is 0 Å². The third-order valence-electron chi connectivity index (χ3n) is 3.29. The van der Waals surface area contributed by atoms with Gasteiger partial charge < -0.3 is 15.0 Å². The Labute approximate surface area is 127 Å². The molecular formula is C13H21BrN4O2. The van der Waals surface area contributed by atoms with E-state index in [0.717, 1.165) is 31.7 Å². The van der Waals surface area contributed by atoms with Gasteiger partial charge in [0.25, 0.3) is 5.56 Å². The molecule has 7 heteroatoms. The molecule has 2 heterocycles. The standard InChI is InChI=1S/C13H21BrN4O2/c1-17(2)5-6-18-13(19)12(14)11(9-16-18)15-8-10-4-3-7-20-10/h9-10,15H,3-8H2,1-2H3. The quantitative estimate of drug-likeness (QED) is 0.839. The maximum Gasteiger partial charge on any atom is 0.283 e. The lowest BCUT2D eigenvalue weighted by atomic mass is 10.2. The third kappa shape index (κ3) is 4.04. The molecule has 1 aromatic heterocycles. The molecule has 1 saturated heterocycles. The van der Waals surface area contributed by atoms with Crippen LogP contribution in [0, 0.1) is 0 Å². The molecule has 0 radical (unpaired) electrons. The summed E-state index contributed by atoms with van der Waals surface area (Å²) in [6, 6.07) is 0. The highest BCUT2D eigenvalue weighted by atomic mass is 79.9. The normalized spacial score (nSPS) is 18.7. The molecule has 20 heavy (non-hydrogen) atoms. The van der Waals surface area contributed by atoms with Gasteiger partial charge in [0, 0.05) is 19.7 Å². The van der Waals surface area contributed by atoms with E-state index in [4.69, 9.17) is 4.74 Å². The number of nitrogens with zero attached hydrogens (tertiary/aromatic N) is 3. The van der Waals surface area contributed by atoms with E-state index in [9.17, 15) is 4.79 Å². The molecule has 1 fully saturated rings. The first kappa shape index (κ1) is 15.5. The van der Waals surface area contributed by atoms with E-state index >= 15 is 0 Å². The molecule has 2 rings (SSSR count). The molecule has 1 aromatic rings. The van der Waals surface area contributed by atoms with Crippen molar-refractivity contribution in [3.63, 3.8) is 0 Å². The summed E-state index contributed by atoms with van der Waals surface area (Å²) in [4.78, 5) is 14.2. The Balaban J connectivity index is 2.00. The van der Waals surface area contributed by atoms with E-state index in [1.54, 1.807) is 6.20 Å². The molecule has 1 atom stereocenters. The van der Waals surface area contributed by atoms with Crippen LogP contribution in [0.15, 0.2) is 15.5 Å². The third-order valence-corrected chi connectivity index (χ3v) is 4.05. The van der Waals surface area contributed by atoms with Crippen molar-refractivity contribution >= 4 is 21.6 Å². The lowest BCUT2D eigenvalue weighted by Crippen LogP contribution is -2.30. The van der Waals surface area contributed by atoms with Gasteiger partial charge in [0.05, 0.1) is 24.5 Å². The number of likely N-dealkylation sites (N-methyl/N-ethyl adjacent to an activating group) is 1. The largest absolute Gasteiger partial charge is 0.380 e. The summed E-state index contributed by atoms with van der Waals surface area (Å²) in [6.07, 6.45) is 4.10. The average Bonchev–Trinajstić information content (AvgIpc) is 2.92. The van der Waals surface area contributed by atoms with Crippen LogP contribution in [0.4, 0.5) is 5.69 Å². The van der Waals surface area contributed by atoms with E-state index in [1.807, 2.05) is 19.0 Å². The number of nitrogens with one attached hydrogen (secondary N) is 1. The topological polar surface area (TPSA) is 59.4 Å². The first-order chi connectivity index (χ1) is 9.58. The molecule has 6 nitrogen and oxygen atoms in total. The molecule has 0 saturated carbocycles. The number of hydrogen-bond donors (Lipinski definition) is 1. The van der Waals surface area contributed by atoms with Crippen molar-refractivity contribution in [1.29, 1.82) is 0 Å². The minimum absolute atomic E-state index is 0.107. The van der Waals surface area contributed by atoms with Gasteiger partial charge in [0.2, 0.25) is 0 Å². The van der Waals surface area contributed by atoms with Crippen LogP contribution < -0.4 is 10.9 Å². The number of anilines is 1. The second-order valence-corrected chi connectivity index (χ2v) is 6.01. The molecule has 1 aliphatic heterocycles. The summed E-state index contributed by atoms with van der Waals surface area (Å²) in [6.45, 7) is 2.90. The zero-order valence-corrected chi connectivity index (χ0v) is 13.5. The Bertz CT molecular complexity index is 498. The van der Waals surface area contributed by atoms with Crippen molar-refractivity contribution in [3.05, 3.63) is 21.0 Å². The fourth-order valence-electron chi connectivity index (χ4n) is 2.07.